The molecule has 0 saturated carbocycles. The lowest BCUT2D eigenvalue weighted by atomic mass is 10.3. The smallest absolute Gasteiger partial charge is 0.275 e. The lowest BCUT2D eigenvalue weighted by Crippen LogP contribution is -2.13. The van der Waals surface area contributed by atoms with Gasteiger partial charge >= 0.3 is 0 Å². The van der Waals surface area contributed by atoms with Gasteiger partial charge in [0.1, 0.15) is 10.8 Å². The monoisotopic (exact) mass is 236 g/mol. The molecule has 5 nitrogen and oxygen atoms in total. The molecule has 16 heavy (non-hydrogen) atoms. The average molecular weight is 237 g/mol. The summed E-state index contributed by atoms with van der Waals surface area (Å²) < 4.78 is 0. The first-order valence-corrected chi connectivity index (χ1v) is 4.99. The van der Waals surface area contributed by atoms with E-state index in [0.717, 1.165) is 5.69 Å². The Morgan fingerprint density at radius 2 is 2.31 bits per heavy atom. The molecule has 2 heterocycles. The number of hydrogen-bond acceptors (Lipinski definition) is 3. The zero-order chi connectivity index (χ0) is 11.5. The van der Waals surface area contributed by atoms with Gasteiger partial charge in [0.25, 0.3) is 5.91 Å². The highest BCUT2D eigenvalue weighted by atomic mass is 35.5. The minimum atomic E-state index is -0.339. The molecule has 82 valence electrons. The Labute approximate surface area is 96.8 Å². The van der Waals surface area contributed by atoms with Crippen molar-refractivity contribution in [3.8, 4) is 0 Å². The number of aromatic nitrogens is 3. The Hall–Kier alpha value is -1.88. The highest BCUT2D eigenvalue weighted by molar-refractivity contribution is 6.29. The second kappa shape index (κ2) is 4.32. The van der Waals surface area contributed by atoms with Crippen LogP contribution in [-0.4, -0.2) is 21.1 Å². The van der Waals surface area contributed by atoms with Crippen LogP contribution in [-0.2, 0) is 0 Å². The van der Waals surface area contributed by atoms with E-state index in [2.05, 4.69) is 20.5 Å². The number of H-pyrrole nitrogens is 1. The molecule has 0 aliphatic rings. The molecule has 0 aliphatic carbocycles. The van der Waals surface area contributed by atoms with E-state index in [-0.39, 0.29) is 16.8 Å². The molecule has 2 aromatic rings. The minimum absolute atomic E-state index is 0.258. The van der Waals surface area contributed by atoms with Crippen molar-refractivity contribution in [1.82, 2.24) is 15.2 Å². The zero-order valence-electron chi connectivity index (χ0n) is 8.49. The lowest BCUT2D eigenvalue weighted by molar-refractivity contribution is 0.102. The van der Waals surface area contributed by atoms with Crippen LogP contribution in [0.5, 0.6) is 0 Å². The summed E-state index contributed by atoms with van der Waals surface area (Å²) in [5.41, 5.74) is 1.13. The maximum absolute atomic E-state index is 11.7. The van der Waals surface area contributed by atoms with Gasteiger partial charge in [-0.05, 0) is 19.1 Å². The number of anilines is 1. The van der Waals surface area contributed by atoms with E-state index in [4.69, 9.17) is 11.6 Å². The zero-order valence-corrected chi connectivity index (χ0v) is 9.25. The quantitative estimate of drug-likeness (QED) is 0.784. The van der Waals surface area contributed by atoms with E-state index >= 15 is 0 Å². The third-order valence-corrected chi connectivity index (χ3v) is 2.11. The van der Waals surface area contributed by atoms with Crippen LogP contribution in [0.25, 0.3) is 0 Å². The molecule has 0 atom stereocenters. The molecule has 0 aromatic carbocycles. The highest BCUT2D eigenvalue weighted by Crippen LogP contribution is 2.08. The Morgan fingerprint density at radius 1 is 1.50 bits per heavy atom. The molecule has 0 bridgehead atoms. The molecule has 1 amide bonds. The average Bonchev–Trinajstić information content (AvgIpc) is 2.64. The summed E-state index contributed by atoms with van der Waals surface area (Å²) in [5.74, 6) is 0.123. The van der Waals surface area contributed by atoms with Crippen molar-refractivity contribution in [3.63, 3.8) is 0 Å². The number of halogens is 1. The number of carbonyl (C=O) groups excluding carboxylic acids is 1. The lowest BCUT2D eigenvalue weighted by Gasteiger charge is -2.00. The second-order valence-electron chi connectivity index (χ2n) is 3.24. The van der Waals surface area contributed by atoms with Crippen molar-refractivity contribution < 1.29 is 4.79 Å². The van der Waals surface area contributed by atoms with Crippen LogP contribution in [0.15, 0.2) is 24.3 Å². The first-order valence-electron chi connectivity index (χ1n) is 4.61. The topological polar surface area (TPSA) is 70.7 Å². The fraction of sp³-hybridized carbons (Fsp3) is 0.100. The molecule has 0 unspecified atom stereocenters. The Kier molecular flexibility index (Phi) is 2.87. The summed E-state index contributed by atoms with van der Waals surface area (Å²) >= 11 is 5.68. The molecule has 0 radical (unpaired) electrons. The van der Waals surface area contributed by atoms with Gasteiger partial charge in [0, 0.05) is 11.8 Å². The molecule has 2 rings (SSSR count). The minimum Gasteiger partial charge on any atom is -0.304 e. The van der Waals surface area contributed by atoms with Gasteiger partial charge in [-0.25, -0.2) is 4.98 Å². The normalized spacial score (nSPS) is 10.1. The van der Waals surface area contributed by atoms with Gasteiger partial charge in [-0.1, -0.05) is 17.7 Å². The van der Waals surface area contributed by atoms with E-state index in [9.17, 15) is 4.79 Å². The summed E-state index contributed by atoms with van der Waals surface area (Å²) in [7, 11) is 0. The van der Waals surface area contributed by atoms with Crippen molar-refractivity contribution in [2.24, 2.45) is 0 Å². The standard InChI is InChI=1S/C10H9ClN4O/c1-6-5-9(15-14-6)13-10(16)7-3-2-4-8(11)12-7/h2-5H,1H3,(H2,13,14,15,16). The number of amides is 1. The fourth-order valence-electron chi connectivity index (χ4n) is 1.20. The number of nitrogens with one attached hydrogen (secondary N) is 2. The van der Waals surface area contributed by atoms with Crippen LogP contribution in [0.4, 0.5) is 5.82 Å². The maximum Gasteiger partial charge on any atom is 0.275 e. The third-order valence-electron chi connectivity index (χ3n) is 1.90. The molecule has 6 heteroatoms. The van der Waals surface area contributed by atoms with Gasteiger partial charge in [0.05, 0.1) is 0 Å². The van der Waals surface area contributed by atoms with Gasteiger partial charge in [-0.2, -0.15) is 5.10 Å². The van der Waals surface area contributed by atoms with Gasteiger partial charge in [0.2, 0.25) is 0 Å². The maximum atomic E-state index is 11.7. The SMILES string of the molecule is Cc1cc(NC(=O)c2cccc(Cl)n2)n[nH]1. The van der Waals surface area contributed by atoms with Gasteiger partial charge < -0.3 is 5.32 Å². The molecule has 2 aromatic heterocycles. The molecule has 2 N–H and O–H groups in total. The fourth-order valence-corrected chi connectivity index (χ4v) is 1.36. The van der Waals surface area contributed by atoms with Crippen molar-refractivity contribution in [2.45, 2.75) is 6.92 Å². The van der Waals surface area contributed by atoms with Crippen LogP contribution < -0.4 is 5.32 Å². The molecule has 0 spiro atoms. The number of pyridine rings is 1. The van der Waals surface area contributed by atoms with Crippen molar-refractivity contribution in [3.05, 3.63) is 40.8 Å². The predicted octanol–water partition coefficient (Wildman–Crippen LogP) is 2.02. The molecule has 0 saturated heterocycles. The summed E-state index contributed by atoms with van der Waals surface area (Å²) in [5, 5.41) is 9.50. The van der Waals surface area contributed by atoms with E-state index < -0.39 is 0 Å². The van der Waals surface area contributed by atoms with Crippen molar-refractivity contribution >= 4 is 23.3 Å². The van der Waals surface area contributed by atoms with Crippen molar-refractivity contribution in [1.29, 1.82) is 0 Å². The number of rotatable bonds is 2. The number of aryl methyl sites for hydroxylation is 1. The Balaban J connectivity index is 2.14. The summed E-state index contributed by atoms with van der Waals surface area (Å²) in [6.07, 6.45) is 0. The Bertz CT molecular complexity index is 523. The third kappa shape index (κ3) is 2.38. The van der Waals surface area contributed by atoms with E-state index in [0.29, 0.717) is 5.82 Å². The highest BCUT2D eigenvalue weighted by Gasteiger charge is 2.09. The number of carbonyl (C=O) groups is 1. The molecular weight excluding hydrogens is 228 g/mol. The van der Waals surface area contributed by atoms with Crippen molar-refractivity contribution in [2.75, 3.05) is 5.32 Å². The van der Waals surface area contributed by atoms with Crippen LogP contribution in [0.2, 0.25) is 5.15 Å². The molecular formula is C10H9ClN4O. The van der Waals surface area contributed by atoms with Crippen LogP contribution in [0, 0.1) is 6.92 Å². The summed E-state index contributed by atoms with van der Waals surface area (Å²) in [6.45, 7) is 1.85. The second-order valence-corrected chi connectivity index (χ2v) is 3.62. The first-order chi connectivity index (χ1) is 7.65. The van der Waals surface area contributed by atoms with E-state index in [1.807, 2.05) is 6.92 Å². The van der Waals surface area contributed by atoms with Gasteiger partial charge in [0.15, 0.2) is 5.82 Å². The number of nitrogens with zero attached hydrogens (tertiary/aromatic N) is 2. The Morgan fingerprint density at radius 3 is 2.94 bits per heavy atom. The summed E-state index contributed by atoms with van der Waals surface area (Å²) in [6, 6.07) is 6.58. The van der Waals surface area contributed by atoms with Crippen LogP contribution >= 0.6 is 11.6 Å². The number of aromatic amines is 1. The summed E-state index contributed by atoms with van der Waals surface area (Å²) in [4.78, 5) is 15.6. The number of hydrogen-bond donors (Lipinski definition) is 2. The molecule has 0 aliphatic heterocycles. The van der Waals surface area contributed by atoms with Gasteiger partial charge in [-0.3, -0.25) is 9.89 Å². The van der Waals surface area contributed by atoms with E-state index in [1.54, 1.807) is 24.3 Å². The largest absolute Gasteiger partial charge is 0.304 e. The predicted molar refractivity (Wildman–Crippen MR) is 60.5 cm³/mol. The van der Waals surface area contributed by atoms with Gasteiger partial charge in [-0.15, -0.1) is 0 Å². The first kappa shape index (κ1) is 10.6. The van der Waals surface area contributed by atoms with E-state index in [1.165, 1.54) is 0 Å². The van der Waals surface area contributed by atoms with Crippen LogP contribution in [0.3, 0.4) is 0 Å². The van der Waals surface area contributed by atoms with Crippen LogP contribution in [0.1, 0.15) is 16.2 Å². The molecule has 0 fully saturated rings.